The SMILES string of the molecule is CCCCNc1ncc2c(-c3ccc(CN4CCN(C)CC4)cc3)cn(C3CCC(O)CC3)c2n1.CCCCNc1ncc2c(n1)c(C1CCC(C)CC1)cn2-c1ccc(F)cc1.CCCCNc1ncc2c(n1)c(C1CCC(O)CC1)cn2-c1ccc(CN2CCCCC2)cc1. The molecule has 0 atom stereocenters. The molecule has 97 heavy (non-hydrogen) atoms. The highest BCUT2D eigenvalue weighted by atomic mass is 19.1. The summed E-state index contributed by atoms with van der Waals surface area (Å²) >= 11 is 0. The van der Waals surface area contributed by atoms with E-state index < -0.39 is 0 Å². The number of anilines is 3. The molecule has 0 radical (unpaired) electrons. The number of fused-ring (bicyclic) bond motifs is 3. The van der Waals surface area contributed by atoms with Gasteiger partial charge in [-0.15, -0.1) is 0 Å². The van der Waals surface area contributed by atoms with Crippen molar-refractivity contribution in [2.24, 2.45) is 5.92 Å². The van der Waals surface area contributed by atoms with Crippen molar-refractivity contribution in [1.82, 2.24) is 58.3 Å². The first-order valence-electron chi connectivity index (χ1n) is 37.3. The van der Waals surface area contributed by atoms with Gasteiger partial charge in [0.05, 0.1) is 46.7 Å². The largest absolute Gasteiger partial charge is 0.393 e. The molecule has 5 fully saturated rings. The average Bonchev–Trinajstić information content (AvgIpc) is 1.64. The van der Waals surface area contributed by atoms with Gasteiger partial charge in [0.25, 0.3) is 0 Å². The van der Waals surface area contributed by atoms with E-state index in [1.165, 1.54) is 104 Å². The summed E-state index contributed by atoms with van der Waals surface area (Å²) < 4.78 is 20.1. The van der Waals surface area contributed by atoms with E-state index in [2.05, 4.69) is 161 Å². The number of hydrogen-bond donors (Lipinski definition) is 5. The molecule has 0 amide bonds. The summed E-state index contributed by atoms with van der Waals surface area (Å²) in [7, 11) is 2.20. The van der Waals surface area contributed by atoms with E-state index in [1.807, 2.05) is 30.7 Å². The van der Waals surface area contributed by atoms with Crippen LogP contribution in [0.5, 0.6) is 0 Å². The van der Waals surface area contributed by atoms with Gasteiger partial charge in [-0.05, 0) is 198 Å². The van der Waals surface area contributed by atoms with Crippen molar-refractivity contribution in [2.45, 2.75) is 206 Å². The highest BCUT2D eigenvalue weighted by molar-refractivity contribution is 5.94. The van der Waals surface area contributed by atoms with Crippen LogP contribution in [0.2, 0.25) is 0 Å². The monoisotopic (exact) mass is 1320 g/mol. The van der Waals surface area contributed by atoms with E-state index in [0.29, 0.717) is 35.7 Å². The molecule has 0 bridgehead atoms. The van der Waals surface area contributed by atoms with Crippen molar-refractivity contribution in [3.05, 3.63) is 138 Å². The molecule has 2 saturated heterocycles. The van der Waals surface area contributed by atoms with Crippen LogP contribution < -0.4 is 16.0 Å². The van der Waals surface area contributed by atoms with Crippen LogP contribution in [0.4, 0.5) is 22.2 Å². The number of hydrogen-bond acceptors (Lipinski definition) is 14. The predicted octanol–water partition coefficient (Wildman–Crippen LogP) is 16.2. The quantitative estimate of drug-likeness (QED) is 0.0405. The van der Waals surface area contributed by atoms with Gasteiger partial charge in [-0.3, -0.25) is 9.80 Å². The Morgan fingerprint density at radius 1 is 0.495 bits per heavy atom. The minimum Gasteiger partial charge on any atom is -0.393 e. The van der Waals surface area contributed by atoms with Crippen molar-refractivity contribution in [1.29, 1.82) is 0 Å². The van der Waals surface area contributed by atoms with Gasteiger partial charge in [-0.25, -0.2) is 29.3 Å². The summed E-state index contributed by atoms with van der Waals surface area (Å²) in [4.78, 5) is 36.1. The van der Waals surface area contributed by atoms with E-state index in [9.17, 15) is 14.6 Å². The lowest BCUT2D eigenvalue weighted by Crippen LogP contribution is -2.43. The van der Waals surface area contributed by atoms with Crippen LogP contribution in [0.1, 0.15) is 203 Å². The molecule has 5 N–H and O–H groups in total. The third-order valence-electron chi connectivity index (χ3n) is 21.2. The number of likely N-dealkylation sites (tertiary alicyclic amines) is 1. The molecule has 3 saturated carbocycles. The zero-order chi connectivity index (χ0) is 67.0. The third kappa shape index (κ3) is 17.9. The number of nitrogens with one attached hydrogen (secondary N) is 3. The Hall–Kier alpha value is -7.35. The van der Waals surface area contributed by atoms with Gasteiger partial charge in [-0.1, -0.05) is 103 Å². The molecule has 3 aromatic carbocycles. The van der Waals surface area contributed by atoms with Crippen molar-refractivity contribution in [2.75, 3.05) is 81.9 Å². The number of piperazine rings is 1. The lowest BCUT2D eigenvalue weighted by molar-refractivity contribution is 0.111. The fourth-order valence-electron chi connectivity index (χ4n) is 15.1. The van der Waals surface area contributed by atoms with Gasteiger partial charge in [0.15, 0.2) is 0 Å². The second-order valence-electron chi connectivity index (χ2n) is 28.7. The number of halogens is 1. The first-order valence-corrected chi connectivity index (χ1v) is 37.3. The maximum atomic E-state index is 13.4. The number of piperidine rings is 1. The van der Waals surface area contributed by atoms with Crippen LogP contribution in [-0.2, 0) is 13.1 Å². The molecule has 17 nitrogen and oxygen atoms in total. The van der Waals surface area contributed by atoms with Gasteiger partial charge in [0.2, 0.25) is 17.8 Å². The molecule has 518 valence electrons. The van der Waals surface area contributed by atoms with Gasteiger partial charge >= 0.3 is 0 Å². The number of aromatic nitrogens is 9. The lowest BCUT2D eigenvalue weighted by atomic mass is 9.80. The summed E-state index contributed by atoms with van der Waals surface area (Å²) in [6.45, 7) is 20.6. The van der Waals surface area contributed by atoms with Crippen LogP contribution in [0.15, 0.2) is 110 Å². The molecule has 9 aromatic rings. The molecule has 2 aliphatic heterocycles. The second-order valence-corrected chi connectivity index (χ2v) is 28.7. The summed E-state index contributed by atoms with van der Waals surface area (Å²) in [6, 6.07) is 25.1. The smallest absolute Gasteiger partial charge is 0.224 e. The minimum atomic E-state index is -0.222. The Kier molecular flexibility index (Phi) is 24.3. The van der Waals surface area contributed by atoms with Crippen molar-refractivity contribution in [3.63, 3.8) is 0 Å². The molecule has 3 aliphatic carbocycles. The van der Waals surface area contributed by atoms with Gasteiger partial charge in [0, 0.05) is 112 Å². The zero-order valence-electron chi connectivity index (χ0n) is 58.6. The average molecular weight is 1320 g/mol. The van der Waals surface area contributed by atoms with Gasteiger partial charge < -0.3 is 44.8 Å². The minimum absolute atomic E-state index is 0.155. The molecule has 5 aliphatic rings. The number of aliphatic hydroxyl groups excluding tert-OH is 2. The zero-order valence-corrected chi connectivity index (χ0v) is 58.6. The van der Waals surface area contributed by atoms with Crippen LogP contribution in [0, 0.1) is 11.7 Å². The Morgan fingerprint density at radius 3 is 1.46 bits per heavy atom. The summed E-state index contributed by atoms with van der Waals surface area (Å²) in [6.07, 6.45) is 35.4. The van der Waals surface area contributed by atoms with Crippen LogP contribution in [0.3, 0.4) is 0 Å². The number of unbranched alkanes of at least 4 members (excludes halogenated alkanes) is 3. The molecule has 14 rings (SSSR count). The predicted molar refractivity (Wildman–Crippen MR) is 394 cm³/mol. The lowest BCUT2D eigenvalue weighted by Gasteiger charge is -2.32. The Bertz CT molecular complexity index is 3890. The highest BCUT2D eigenvalue weighted by Crippen LogP contribution is 2.42. The normalized spacial score (nSPS) is 21.3. The molecule has 6 aromatic heterocycles. The summed E-state index contributed by atoms with van der Waals surface area (Å²) in [5, 5.41) is 31.3. The maximum Gasteiger partial charge on any atom is 0.224 e. The molecule has 8 heterocycles. The van der Waals surface area contributed by atoms with Gasteiger partial charge in [0.1, 0.15) is 11.5 Å². The fraction of sp³-hybridized carbons (Fsp3) is 0.544. The summed E-state index contributed by atoms with van der Waals surface area (Å²) in [5.41, 5.74) is 15.0. The van der Waals surface area contributed by atoms with Crippen LogP contribution in [0.25, 0.3) is 55.6 Å². The number of likely N-dealkylation sites (N-methyl/N-ethyl adjacent to an activating group) is 1. The Morgan fingerprint density at radius 2 is 0.948 bits per heavy atom. The summed E-state index contributed by atoms with van der Waals surface area (Å²) in [5.74, 6) is 3.66. The highest BCUT2D eigenvalue weighted by Gasteiger charge is 2.29. The Labute approximate surface area is 575 Å². The van der Waals surface area contributed by atoms with E-state index in [4.69, 9.17) is 15.0 Å². The molecule has 0 spiro atoms. The molecule has 18 heteroatoms. The van der Waals surface area contributed by atoms with Crippen molar-refractivity contribution in [3.8, 4) is 22.5 Å². The number of aliphatic hydroxyl groups is 2. The number of nitrogens with zero attached hydrogens (tertiary/aromatic N) is 12. The van der Waals surface area contributed by atoms with E-state index >= 15 is 0 Å². The maximum absolute atomic E-state index is 13.4. The van der Waals surface area contributed by atoms with E-state index in [1.54, 1.807) is 0 Å². The van der Waals surface area contributed by atoms with E-state index in [0.717, 1.165) is 199 Å². The molecular weight excluding hydrogens is 1210 g/mol. The van der Waals surface area contributed by atoms with Crippen LogP contribution in [-0.4, -0.2) is 147 Å². The second kappa shape index (κ2) is 33.9. The van der Waals surface area contributed by atoms with Crippen molar-refractivity contribution < 1.29 is 14.6 Å². The van der Waals surface area contributed by atoms with Crippen LogP contribution >= 0.6 is 0 Å². The van der Waals surface area contributed by atoms with E-state index in [-0.39, 0.29) is 18.0 Å². The third-order valence-corrected chi connectivity index (χ3v) is 21.2. The van der Waals surface area contributed by atoms with Crippen molar-refractivity contribution >= 4 is 50.9 Å². The Balaban J connectivity index is 0.000000140. The first-order chi connectivity index (χ1) is 47.5. The topological polar surface area (TPSA) is 178 Å². The standard InChI is InChI=1S/C28H40N6O.C28H39N5O.C23H29FN4/c1-3-4-13-29-28-30-18-25-26(20-34(27(25)31-28)23-9-11-24(35)12-10-23)22-7-5-21(6-8-22)19-33-16-14-32(2)15-17-33;1-2-3-15-29-28-30-18-26-27(31-28)25(22-9-13-24(34)14-10-22)20-33(26)23-11-7-21(8-12-23)19-32-16-5-4-6-17-32;1-3-4-13-25-23-26-14-21-22(27-23)20(17-7-5-16(2)6-8-17)15-28(21)19-11-9-18(24)10-12-19/h5-8,18,20,23-24,35H,3-4,9-17,19H2,1-2H3,(H,29,30,31);7-8,11-12,18,20,22,24,34H,2-6,9-10,13-17,19H2,1H3,(H,29,30,31);9-12,14-17H,3-8,13H2,1-2H3,(H,25,26,27). The molecule has 0 unspecified atom stereocenters. The van der Waals surface area contributed by atoms with Gasteiger partial charge in [-0.2, -0.15) is 4.98 Å². The fourth-order valence-corrected chi connectivity index (χ4v) is 15.1. The first kappa shape index (κ1) is 69.5. The number of rotatable bonds is 22. The molecular formula is C79H108FN15O2. The number of benzene rings is 3.